The summed E-state index contributed by atoms with van der Waals surface area (Å²) in [6, 6.07) is 0. The van der Waals surface area contributed by atoms with Crippen molar-refractivity contribution >= 4 is 6.16 Å². The summed E-state index contributed by atoms with van der Waals surface area (Å²) in [4.78, 5) is 9.79. The zero-order valence-corrected chi connectivity index (χ0v) is 6.54. The van der Waals surface area contributed by atoms with Gasteiger partial charge in [-0.05, 0) is 18.8 Å². The van der Waals surface area contributed by atoms with E-state index in [9.17, 15) is 9.90 Å². The van der Waals surface area contributed by atoms with E-state index in [0.717, 1.165) is 18.8 Å². The highest BCUT2D eigenvalue weighted by molar-refractivity contribution is 5.56. The van der Waals surface area contributed by atoms with Crippen molar-refractivity contribution in [2.75, 3.05) is 6.61 Å². The van der Waals surface area contributed by atoms with E-state index in [-0.39, 0.29) is 0 Å². The summed E-state index contributed by atoms with van der Waals surface area (Å²) in [6.07, 6.45) is 4.51. The topological polar surface area (TPSA) is 46.2 Å². The standard InChI is InChI=1S/C8H13O3/c9-8(10)11-6-2-5-7-3-1-4-7/h7H,1-6H2. The van der Waals surface area contributed by atoms with Crippen LogP contribution in [-0.2, 0) is 9.84 Å². The smallest absolute Gasteiger partial charge is 0.432 e. The minimum Gasteiger partial charge on any atom is -0.432 e. The lowest BCUT2D eigenvalue weighted by molar-refractivity contribution is 0.0644. The van der Waals surface area contributed by atoms with Crippen LogP contribution in [0.3, 0.4) is 0 Å². The molecule has 1 fully saturated rings. The number of hydrogen-bond acceptors (Lipinski definition) is 2. The second-order valence-corrected chi connectivity index (χ2v) is 3.04. The Morgan fingerprint density at radius 3 is 2.64 bits per heavy atom. The summed E-state index contributed by atoms with van der Waals surface area (Å²) >= 11 is 0. The lowest BCUT2D eigenvalue weighted by Crippen LogP contribution is -2.12. The summed E-state index contributed by atoms with van der Waals surface area (Å²) in [5, 5.41) is 9.79. The van der Waals surface area contributed by atoms with Crippen LogP contribution in [0, 0.1) is 5.92 Å². The second-order valence-electron chi connectivity index (χ2n) is 3.04. The van der Waals surface area contributed by atoms with Crippen LogP contribution in [0.25, 0.3) is 0 Å². The summed E-state index contributed by atoms with van der Waals surface area (Å²) in [6.45, 7) is 0.304. The Bertz CT molecular complexity index is 129. The fraction of sp³-hybridized carbons (Fsp3) is 0.875. The van der Waals surface area contributed by atoms with Crippen molar-refractivity contribution in [1.82, 2.24) is 0 Å². The largest absolute Gasteiger partial charge is 0.549 e. The first-order valence-electron chi connectivity index (χ1n) is 4.13. The van der Waals surface area contributed by atoms with Gasteiger partial charge in [-0.3, -0.25) is 0 Å². The Labute approximate surface area is 66.4 Å². The molecule has 1 rings (SSSR count). The van der Waals surface area contributed by atoms with E-state index in [2.05, 4.69) is 4.74 Å². The third kappa shape index (κ3) is 3.25. The van der Waals surface area contributed by atoms with Crippen LogP contribution in [0.15, 0.2) is 0 Å². The number of carbonyl (C=O) groups is 1. The molecule has 1 aliphatic rings. The van der Waals surface area contributed by atoms with Crippen molar-refractivity contribution < 1.29 is 14.6 Å². The van der Waals surface area contributed by atoms with Gasteiger partial charge >= 0.3 is 6.16 Å². The Hall–Kier alpha value is -0.730. The highest BCUT2D eigenvalue weighted by atomic mass is 16.7. The van der Waals surface area contributed by atoms with Gasteiger partial charge in [0.15, 0.2) is 0 Å². The van der Waals surface area contributed by atoms with Gasteiger partial charge in [0.05, 0.1) is 6.61 Å². The van der Waals surface area contributed by atoms with Crippen LogP contribution < -0.4 is 0 Å². The van der Waals surface area contributed by atoms with Crippen molar-refractivity contribution in [3.8, 4) is 0 Å². The van der Waals surface area contributed by atoms with Crippen molar-refractivity contribution in [2.24, 2.45) is 5.92 Å². The van der Waals surface area contributed by atoms with Crippen molar-refractivity contribution in [1.29, 1.82) is 0 Å². The zero-order chi connectivity index (χ0) is 8.10. The maximum absolute atomic E-state index is 9.79. The monoisotopic (exact) mass is 157 g/mol. The summed E-state index contributed by atoms with van der Waals surface area (Å²) < 4.78 is 4.27. The van der Waals surface area contributed by atoms with Crippen LogP contribution in [-0.4, -0.2) is 12.8 Å². The van der Waals surface area contributed by atoms with Gasteiger partial charge in [-0.2, -0.15) is 9.90 Å². The number of carbonyl (C=O) groups excluding carboxylic acids is 1. The number of ether oxygens (including phenoxy) is 1. The van der Waals surface area contributed by atoms with E-state index in [1.165, 1.54) is 19.3 Å². The molecule has 3 nitrogen and oxygen atoms in total. The highest BCUT2D eigenvalue weighted by Crippen LogP contribution is 2.30. The second kappa shape index (κ2) is 4.21. The van der Waals surface area contributed by atoms with E-state index in [4.69, 9.17) is 0 Å². The average molecular weight is 157 g/mol. The molecule has 0 heterocycles. The van der Waals surface area contributed by atoms with Crippen LogP contribution in [0.2, 0.25) is 0 Å². The van der Waals surface area contributed by atoms with Crippen LogP contribution >= 0.6 is 0 Å². The first-order chi connectivity index (χ1) is 5.29. The molecule has 3 heteroatoms. The average Bonchev–Trinajstić information content (AvgIpc) is 1.82. The highest BCUT2D eigenvalue weighted by Gasteiger charge is 2.16. The summed E-state index contributed by atoms with van der Waals surface area (Å²) in [7, 11) is 0. The van der Waals surface area contributed by atoms with E-state index in [0.29, 0.717) is 6.61 Å². The molecule has 63 valence electrons. The van der Waals surface area contributed by atoms with Crippen LogP contribution in [0.4, 0.5) is 4.79 Å². The van der Waals surface area contributed by atoms with E-state index in [1.807, 2.05) is 0 Å². The molecule has 0 aromatic rings. The molecule has 0 N–H and O–H groups in total. The molecule has 1 aliphatic carbocycles. The molecule has 0 unspecified atom stereocenters. The van der Waals surface area contributed by atoms with Crippen LogP contribution in [0.5, 0.6) is 0 Å². The van der Waals surface area contributed by atoms with Gasteiger partial charge in [0.25, 0.3) is 0 Å². The molecule has 0 spiro atoms. The van der Waals surface area contributed by atoms with E-state index >= 15 is 0 Å². The number of rotatable bonds is 4. The maximum atomic E-state index is 9.79. The Morgan fingerprint density at radius 1 is 1.45 bits per heavy atom. The predicted octanol–water partition coefficient (Wildman–Crippen LogP) is 2.13. The van der Waals surface area contributed by atoms with E-state index in [1.54, 1.807) is 0 Å². The predicted molar refractivity (Wildman–Crippen MR) is 38.6 cm³/mol. The molecule has 0 bridgehead atoms. The molecule has 0 atom stereocenters. The molecule has 0 aromatic heterocycles. The van der Waals surface area contributed by atoms with Gasteiger partial charge in [-0.15, -0.1) is 0 Å². The Kier molecular flexibility index (Phi) is 3.20. The SMILES string of the molecule is [O]C(=O)OCCCC1CCC1. The fourth-order valence-corrected chi connectivity index (χ4v) is 1.31. The minimum atomic E-state index is -1.40. The molecule has 0 saturated heterocycles. The minimum absolute atomic E-state index is 0.304. The normalized spacial score (nSPS) is 17.5. The molecule has 1 saturated carbocycles. The molecule has 1 radical (unpaired) electrons. The van der Waals surface area contributed by atoms with Gasteiger partial charge in [-0.25, -0.2) is 0 Å². The molecule has 11 heavy (non-hydrogen) atoms. The van der Waals surface area contributed by atoms with Crippen molar-refractivity contribution in [3.63, 3.8) is 0 Å². The third-order valence-electron chi connectivity index (χ3n) is 2.20. The lowest BCUT2D eigenvalue weighted by Gasteiger charge is -2.24. The Morgan fingerprint density at radius 2 is 2.18 bits per heavy atom. The summed E-state index contributed by atoms with van der Waals surface area (Å²) in [5.74, 6) is 0.834. The third-order valence-corrected chi connectivity index (χ3v) is 2.20. The van der Waals surface area contributed by atoms with Crippen LogP contribution in [0.1, 0.15) is 32.1 Å². The molecule has 0 amide bonds. The molecular formula is C8H13O3. The lowest BCUT2D eigenvalue weighted by atomic mass is 9.82. The quantitative estimate of drug-likeness (QED) is 0.463. The van der Waals surface area contributed by atoms with Gasteiger partial charge in [-0.1, -0.05) is 19.3 Å². The molecule has 0 aliphatic heterocycles. The van der Waals surface area contributed by atoms with Gasteiger partial charge in [0.1, 0.15) is 0 Å². The Balaban J connectivity index is 1.83. The first kappa shape index (κ1) is 8.37. The van der Waals surface area contributed by atoms with Crippen molar-refractivity contribution in [2.45, 2.75) is 32.1 Å². The van der Waals surface area contributed by atoms with E-state index < -0.39 is 6.16 Å². The first-order valence-corrected chi connectivity index (χ1v) is 4.13. The zero-order valence-electron chi connectivity index (χ0n) is 6.54. The molecule has 0 aromatic carbocycles. The fourth-order valence-electron chi connectivity index (χ4n) is 1.31. The van der Waals surface area contributed by atoms with Gasteiger partial charge < -0.3 is 4.74 Å². The van der Waals surface area contributed by atoms with Gasteiger partial charge in [0, 0.05) is 0 Å². The van der Waals surface area contributed by atoms with Crippen molar-refractivity contribution in [3.05, 3.63) is 0 Å². The molecular weight excluding hydrogens is 144 g/mol. The van der Waals surface area contributed by atoms with Gasteiger partial charge in [0.2, 0.25) is 0 Å². The summed E-state index contributed by atoms with van der Waals surface area (Å²) in [5.41, 5.74) is 0. The number of hydrogen-bond donors (Lipinski definition) is 0. The maximum Gasteiger partial charge on any atom is 0.549 e.